The van der Waals surface area contributed by atoms with Crippen LogP contribution in [-0.2, 0) is 14.3 Å². The first-order valence-electron chi connectivity index (χ1n) is 8.12. The van der Waals surface area contributed by atoms with E-state index < -0.39 is 0 Å². The number of carbonyl (C=O) groups is 1. The molecular formula is C17H26N2O4. The third kappa shape index (κ3) is 6.99. The van der Waals surface area contributed by atoms with E-state index >= 15 is 0 Å². The van der Waals surface area contributed by atoms with Gasteiger partial charge in [-0.15, -0.1) is 0 Å². The van der Waals surface area contributed by atoms with Crippen molar-refractivity contribution in [3.05, 3.63) is 24.3 Å². The van der Waals surface area contributed by atoms with E-state index in [1.165, 1.54) is 0 Å². The average molecular weight is 322 g/mol. The molecule has 1 atom stereocenters. The Bertz CT molecular complexity index is 458. The molecule has 1 amide bonds. The summed E-state index contributed by atoms with van der Waals surface area (Å²) < 4.78 is 16.2. The first-order chi connectivity index (χ1) is 11.3. The second-order valence-corrected chi connectivity index (χ2v) is 5.54. The van der Waals surface area contributed by atoms with Crippen LogP contribution in [0.1, 0.15) is 19.3 Å². The molecule has 1 aromatic rings. The van der Waals surface area contributed by atoms with Crippen molar-refractivity contribution in [2.24, 2.45) is 0 Å². The summed E-state index contributed by atoms with van der Waals surface area (Å²) in [5, 5.41) is 5.92. The monoisotopic (exact) mass is 322 g/mol. The molecule has 0 aromatic heterocycles. The van der Waals surface area contributed by atoms with Crippen molar-refractivity contribution in [2.45, 2.75) is 25.4 Å². The molecule has 0 saturated carbocycles. The molecule has 1 unspecified atom stereocenters. The van der Waals surface area contributed by atoms with Crippen LogP contribution in [0.4, 0.5) is 5.69 Å². The van der Waals surface area contributed by atoms with Crippen LogP contribution in [0, 0.1) is 0 Å². The van der Waals surface area contributed by atoms with Crippen molar-refractivity contribution in [1.82, 2.24) is 5.32 Å². The third-order valence-corrected chi connectivity index (χ3v) is 3.59. The molecule has 1 fully saturated rings. The molecule has 1 saturated heterocycles. The number of nitrogens with one attached hydrogen (secondary N) is 2. The van der Waals surface area contributed by atoms with Gasteiger partial charge >= 0.3 is 0 Å². The second-order valence-electron chi connectivity index (χ2n) is 5.54. The maximum Gasteiger partial charge on any atom is 0.238 e. The van der Waals surface area contributed by atoms with Gasteiger partial charge in [0.1, 0.15) is 12.4 Å². The number of amides is 1. The van der Waals surface area contributed by atoms with Gasteiger partial charge in [0, 0.05) is 26.0 Å². The van der Waals surface area contributed by atoms with Crippen LogP contribution >= 0.6 is 0 Å². The van der Waals surface area contributed by atoms with Crippen molar-refractivity contribution in [1.29, 1.82) is 0 Å². The fourth-order valence-corrected chi connectivity index (χ4v) is 2.35. The van der Waals surface area contributed by atoms with Crippen LogP contribution < -0.4 is 15.4 Å². The summed E-state index contributed by atoms with van der Waals surface area (Å²) >= 11 is 0. The van der Waals surface area contributed by atoms with E-state index in [1.807, 2.05) is 24.3 Å². The molecule has 6 heteroatoms. The molecule has 128 valence electrons. The molecule has 23 heavy (non-hydrogen) atoms. The van der Waals surface area contributed by atoms with Gasteiger partial charge in [-0.05, 0) is 50.1 Å². The lowest BCUT2D eigenvalue weighted by Crippen LogP contribution is -2.29. The van der Waals surface area contributed by atoms with Crippen molar-refractivity contribution in [3.8, 4) is 5.75 Å². The second kappa shape index (κ2) is 10.2. The summed E-state index contributed by atoms with van der Waals surface area (Å²) in [5.74, 6) is 0.728. The van der Waals surface area contributed by atoms with Crippen LogP contribution in [-0.4, -0.2) is 52.0 Å². The standard InChI is InChI=1S/C17H26N2O4/c1-21-10-3-9-18-12-17(20)19-14-5-7-15(8-6-14)23-13-16-4-2-11-22-16/h5-8,16,18H,2-4,9-13H2,1H3,(H,19,20). The van der Waals surface area contributed by atoms with E-state index in [9.17, 15) is 4.79 Å². The van der Waals surface area contributed by atoms with Crippen LogP contribution in [0.3, 0.4) is 0 Å². The van der Waals surface area contributed by atoms with Gasteiger partial charge in [0.15, 0.2) is 0 Å². The van der Waals surface area contributed by atoms with E-state index in [2.05, 4.69) is 10.6 Å². The van der Waals surface area contributed by atoms with Gasteiger partial charge in [-0.3, -0.25) is 4.79 Å². The summed E-state index contributed by atoms with van der Waals surface area (Å²) in [5.41, 5.74) is 0.762. The first kappa shape index (κ1) is 17.7. The Kier molecular flexibility index (Phi) is 7.86. The quantitative estimate of drug-likeness (QED) is 0.643. The molecule has 2 rings (SSSR count). The minimum absolute atomic E-state index is 0.0598. The summed E-state index contributed by atoms with van der Waals surface area (Å²) in [6.07, 6.45) is 3.27. The molecule has 0 bridgehead atoms. The van der Waals surface area contributed by atoms with Crippen molar-refractivity contribution in [3.63, 3.8) is 0 Å². The molecule has 1 aliphatic rings. The molecule has 0 aliphatic carbocycles. The van der Waals surface area contributed by atoms with Crippen LogP contribution in [0.5, 0.6) is 5.75 Å². The van der Waals surface area contributed by atoms with Gasteiger partial charge in [-0.25, -0.2) is 0 Å². The Balaban J connectivity index is 1.64. The molecular weight excluding hydrogens is 296 g/mol. The smallest absolute Gasteiger partial charge is 0.238 e. The zero-order valence-electron chi connectivity index (χ0n) is 13.7. The summed E-state index contributed by atoms with van der Waals surface area (Å²) in [6, 6.07) is 7.40. The molecule has 1 heterocycles. The summed E-state index contributed by atoms with van der Waals surface area (Å²) in [6.45, 7) is 3.16. The average Bonchev–Trinajstić information content (AvgIpc) is 3.07. The lowest BCUT2D eigenvalue weighted by atomic mass is 10.2. The third-order valence-electron chi connectivity index (χ3n) is 3.59. The predicted molar refractivity (Wildman–Crippen MR) is 88.9 cm³/mol. The number of methoxy groups -OCH3 is 1. The van der Waals surface area contributed by atoms with E-state index in [4.69, 9.17) is 14.2 Å². The number of benzene rings is 1. The van der Waals surface area contributed by atoms with E-state index in [1.54, 1.807) is 7.11 Å². The minimum Gasteiger partial charge on any atom is -0.491 e. The normalized spacial score (nSPS) is 17.2. The number of carbonyl (C=O) groups excluding carboxylic acids is 1. The molecule has 6 nitrogen and oxygen atoms in total. The van der Waals surface area contributed by atoms with Crippen molar-refractivity contribution >= 4 is 11.6 Å². The first-order valence-corrected chi connectivity index (χ1v) is 8.12. The number of rotatable bonds is 10. The summed E-state index contributed by atoms with van der Waals surface area (Å²) in [4.78, 5) is 11.8. The molecule has 0 radical (unpaired) electrons. The highest BCUT2D eigenvalue weighted by molar-refractivity contribution is 5.92. The Labute approximate surface area is 137 Å². The number of anilines is 1. The SMILES string of the molecule is COCCCNCC(=O)Nc1ccc(OCC2CCCO2)cc1. The highest BCUT2D eigenvalue weighted by Crippen LogP contribution is 2.18. The topological polar surface area (TPSA) is 68.8 Å². The van der Waals surface area contributed by atoms with E-state index in [-0.39, 0.29) is 12.0 Å². The maximum atomic E-state index is 11.8. The maximum absolute atomic E-state index is 11.8. The molecule has 1 aliphatic heterocycles. The van der Waals surface area contributed by atoms with Crippen LogP contribution in [0.2, 0.25) is 0 Å². The lowest BCUT2D eigenvalue weighted by Gasteiger charge is -2.12. The van der Waals surface area contributed by atoms with Gasteiger partial charge in [-0.2, -0.15) is 0 Å². The fourth-order valence-electron chi connectivity index (χ4n) is 2.35. The Hall–Kier alpha value is -1.63. The van der Waals surface area contributed by atoms with Gasteiger partial charge < -0.3 is 24.8 Å². The fraction of sp³-hybridized carbons (Fsp3) is 0.588. The zero-order chi connectivity index (χ0) is 16.3. The zero-order valence-corrected chi connectivity index (χ0v) is 13.7. The lowest BCUT2D eigenvalue weighted by molar-refractivity contribution is -0.115. The van der Waals surface area contributed by atoms with Crippen molar-refractivity contribution in [2.75, 3.05) is 45.3 Å². The van der Waals surface area contributed by atoms with E-state index in [0.717, 1.165) is 43.9 Å². The van der Waals surface area contributed by atoms with Crippen molar-refractivity contribution < 1.29 is 19.0 Å². The number of hydrogen-bond donors (Lipinski definition) is 2. The van der Waals surface area contributed by atoms with Gasteiger partial charge in [0.05, 0.1) is 12.6 Å². The molecule has 2 N–H and O–H groups in total. The van der Waals surface area contributed by atoms with Gasteiger partial charge in [0.25, 0.3) is 0 Å². The highest BCUT2D eigenvalue weighted by atomic mass is 16.5. The molecule has 1 aromatic carbocycles. The summed E-state index contributed by atoms with van der Waals surface area (Å²) in [7, 11) is 1.67. The molecule has 0 spiro atoms. The van der Waals surface area contributed by atoms with Crippen LogP contribution in [0.25, 0.3) is 0 Å². The van der Waals surface area contributed by atoms with Gasteiger partial charge in [-0.1, -0.05) is 0 Å². The number of hydrogen-bond acceptors (Lipinski definition) is 5. The highest BCUT2D eigenvalue weighted by Gasteiger charge is 2.15. The predicted octanol–water partition coefficient (Wildman–Crippen LogP) is 1.81. The van der Waals surface area contributed by atoms with E-state index in [0.29, 0.717) is 19.8 Å². The Morgan fingerprint density at radius 1 is 1.35 bits per heavy atom. The Morgan fingerprint density at radius 2 is 2.17 bits per heavy atom. The Morgan fingerprint density at radius 3 is 2.87 bits per heavy atom. The van der Waals surface area contributed by atoms with Crippen LogP contribution in [0.15, 0.2) is 24.3 Å². The van der Waals surface area contributed by atoms with Gasteiger partial charge in [0.2, 0.25) is 5.91 Å². The largest absolute Gasteiger partial charge is 0.491 e. The number of ether oxygens (including phenoxy) is 3. The minimum atomic E-state index is -0.0598.